The first-order chi connectivity index (χ1) is 33.1. The Morgan fingerprint density at radius 3 is 1.68 bits per heavy atom. The average Bonchev–Trinajstić information content (AvgIpc) is 4.30. The molecule has 4 fully saturated rings. The van der Waals surface area contributed by atoms with Gasteiger partial charge in [-0.05, 0) is 80.7 Å². The molecule has 2 saturated carbocycles. The Morgan fingerprint density at radius 1 is 0.632 bits per heavy atom. The van der Waals surface area contributed by atoms with Crippen LogP contribution in [0.1, 0.15) is 36.8 Å². The van der Waals surface area contributed by atoms with E-state index in [0.717, 1.165) is 48.0 Å². The van der Waals surface area contributed by atoms with Gasteiger partial charge in [0.1, 0.15) is 23.3 Å². The summed E-state index contributed by atoms with van der Waals surface area (Å²) >= 11 is 6.31. The molecule has 2 aromatic carbocycles. The highest BCUT2D eigenvalue weighted by Gasteiger charge is 2.26. The van der Waals surface area contributed by atoms with Crippen molar-refractivity contribution in [3.63, 3.8) is 0 Å². The average molecular weight is 949 g/mol. The number of rotatable bonds is 12. The molecule has 0 radical (unpaired) electrons. The summed E-state index contributed by atoms with van der Waals surface area (Å²) in [4.78, 5) is 27.2. The molecule has 1 N–H and O–H groups in total. The van der Waals surface area contributed by atoms with Crippen molar-refractivity contribution >= 4 is 56.3 Å². The molecule has 0 atom stereocenters. The van der Waals surface area contributed by atoms with E-state index in [1.54, 1.807) is 25.4 Å². The first-order valence-electron chi connectivity index (χ1n) is 22.9. The first-order valence-corrected chi connectivity index (χ1v) is 23.3. The van der Waals surface area contributed by atoms with Gasteiger partial charge < -0.3 is 34.1 Å². The summed E-state index contributed by atoms with van der Waals surface area (Å²) in [5.41, 5.74) is 6.43. The first kappa shape index (κ1) is 45.4. The van der Waals surface area contributed by atoms with Crippen LogP contribution in [0.5, 0.6) is 11.8 Å². The van der Waals surface area contributed by atoms with Gasteiger partial charge in [0.25, 0.3) is 0 Å². The van der Waals surface area contributed by atoms with Gasteiger partial charge in [-0.3, -0.25) is 0 Å². The molecule has 7 aromatic rings. The van der Waals surface area contributed by atoms with E-state index >= 15 is 4.39 Å². The molecule has 2 saturated heterocycles. The molecular weight excluding hydrogens is 900 g/mol. The summed E-state index contributed by atoms with van der Waals surface area (Å²) in [6.07, 6.45) is 10.0. The number of ether oxygens (including phenoxy) is 4. The van der Waals surface area contributed by atoms with Gasteiger partial charge in [0, 0.05) is 86.1 Å². The van der Waals surface area contributed by atoms with Gasteiger partial charge in [-0.15, -0.1) is 0 Å². The lowest BCUT2D eigenvalue weighted by Crippen LogP contribution is -2.38. The van der Waals surface area contributed by atoms with E-state index in [2.05, 4.69) is 30.1 Å². The van der Waals surface area contributed by atoms with E-state index in [1.807, 2.05) is 37.4 Å². The molecule has 17 heteroatoms. The van der Waals surface area contributed by atoms with Crippen LogP contribution >= 0.6 is 11.6 Å². The second-order valence-corrected chi connectivity index (χ2v) is 18.0. The Balaban J connectivity index is 0.000000183. The van der Waals surface area contributed by atoms with E-state index in [0.29, 0.717) is 110 Å². The highest BCUT2D eigenvalue weighted by Crippen LogP contribution is 2.41. The second kappa shape index (κ2) is 19.7. The van der Waals surface area contributed by atoms with Crippen LogP contribution in [-0.4, -0.2) is 90.7 Å². The molecule has 0 spiro atoms. The van der Waals surface area contributed by atoms with E-state index < -0.39 is 23.3 Å². The standard InChI is InChI=1S/C32H34F2N6O3.C19H15ClF2N2O/c1-20-30(22-4-5-28(35-17-22)43-19-21-2-3-21)37-26-15-23(33)14-25(34)29(26)31(20)38-27-16-24(39-6-10-41-11-7-39)18-36-32(27)40-8-12-42-13-9-40;1-10-18(20)17-14(22)6-13(21)7-15(17)24-19(10)12-4-5-16(23-8-12)25-9-11-2-3-11/h4-5,14-18,21H,2-3,6-13,19H2,1H3,(H,37,38);4-8,11H,2-3,9H2,1H3. The fraction of sp³-hybridized carbons (Fsp3) is 0.353. The predicted octanol–water partition coefficient (Wildman–Crippen LogP) is 10.8. The predicted molar refractivity (Wildman–Crippen MR) is 254 cm³/mol. The van der Waals surface area contributed by atoms with Crippen LogP contribution in [0.25, 0.3) is 44.3 Å². The number of hydrogen-bond acceptors (Lipinski definition) is 12. The van der Waals surface area contributed by atoms with Crippen LogP contribution in [-0.2, 0) is 9.47 Å². The number of nitrogens with zero attached hydrogens (tertiary/aromatic N) is 7. The monoisotopic (exact) mass is 948 g/mol. The topological polar surface area (TPSA) is 120 Å². The van der Waals surface area contributed by atoms with Crippen LogP contribution in [0.2, 0.25) is 5.02 Å². The zero-order valence-corrected chi connectivity index (χ0v) is 38.4. The van der Waals surface area contributed by atoms with Crippen molar-refractivity contribution < 1.29 is 36.5 Å². The quantitative estimate of drug-likeness (QED) is 0.117. The maximum Gasteiger partial charge on any atom is 0.213 e. The van der Waals surface area contributed by atoms with Crippen LogP contribution in [0.4, 0.5) is 40.4 Å². The number of halogens is 5. The van der Waals surface area contributed by atoms with Crippen molar-refractivity contribution in [3.8, 4) is 34.3 Å². The Morgan fingerprint density at radius 2 is 1.15 bits per heavy atom. The van der Waals surface area contributed by atoms with Crippen LogP contribution in [0.15, 0.2) is 73.2 Å². The lowest BCUT2D eigenvalue weighted by Gasteiger charge is -2.32. The summed E-state index contributed by atoms with van der Waals surface area (Å²) < 4.78 is 80.2. The SMILES string of the molecule is Cc1c(-c2ccc(OCC3CC3)nc2)nc2cc(F)cc(F)c2c1Cl.Cc1c(-c2ccc(OCC3CC3)nc2)nc2cc(F)cc(F)c2c1Nc1cc(N2CCOCC2)cnc1N1CCOCC1. The van der Waals surface area contributed by atoms with Crippen molar-refractivity contribution in [1.29, 1.82) is 0 Å². The third-order valence-corrected chi connectivity index (χ3v) is 13.0. The highest BCUT2D eigenvalue weighted by molar-refractivity contribution is 6.36. The third kappa shape index (κ3) is 10.1. The van der Waals surface area contributed by atoms with E-state index in [-0.39, 0.29) is 26.8 Å². The summed E-state index contributed by atoms with van der Waals surface area (Å²) in [6, 6.07) is 13.5. The number of nitrogens with one attached hydrogen (secondary N) is 1. The lowest BCUT2D eigenvalue weighted by molar-refractivity contribution is 0.122. The molecule has 2 aliphatic heterocycles. The zero-order valence-electron chi connectivity index (χ0n) is 37.6. The zero-order chi connectivity index (χ0) is 46.9. The Kier molecular flexibility index (Phi) is 13.2. The molecule has 11 rings (SSSR count). The van der Waals surface area contributed by atoms with Crippen molar-refractivity contribution in [2.45, 2.75) is 39.5 Å². The molecule has 0 amide bonds. The molecule has 5 aromatic heterocycles. The number of anilines is 4. The summed E-state index contributed by atoms with van der Waals surface area (Å²) in [5, 5.41) is 4.10. The van der Waals surface area contributed by atoms with Crippen LogP contribution < -0.4 is 24.6 Å². The summed E-state index contributed by atoms with van der Waals surface area (Å²) in [7, 11) is 0. The third-order valence-electron chi connectivity index (χ3n) is 12.6. The fourth-order valence-corrected chi connectivity index (χ4v) is 8.64. The fourth-order valence-electron chi connectivity index (χ4n) is 8.37. The normalized spacial score (nSPS) is 16.2. The van der Waals surface area contributed by atoms with Crippen molar-refractivity contribution in [2.75, 3.05) is 80.9 Å². The molecular formula is C51H49ClF4N8O4. The van der Waals surface area contributed by atoms with Gasteiger partial charge in [0.05, 0.1) is 101 Å². The number of aromatic nitrogens is 5. The maximum absolute atomic E-state index is 15.5. The molecule has 0 unspecified atom stereocenters. The summed E-state index contributed by atoms with van der Waals surface area (Å²) in [5.74, 6) is 0.319. The Hall–Kier alpha value is -6.36. The number of benzene rings is 2. The largest absolute Gasteiger partial charge is 0.477 e. The molecule has 352 valence electrons. The van der Waals surface area contributed by atoms with E-state index in [9.17, 15) is 13.2 Å². The minimum Gasteiger partial charge on any atom is -0.477 e. The van der Waals surface area contributed by atoms with Gasteiger partial charge in [-0.2, -0.15) is 0 Å². The minimum absolute atomic E-state index is 0.127. The Bertz CT molecular complexity index is 2970. The van der Waals surface area contributed by atoms with Gasteiger partial charge in [-0.25, -0.2) is 42.5 Å². The van der Waals surface area contributed by atoms with Crippen LogP contribution in [0.3, 0.4) is 0 Å². The number of fused-ring (bicyclic) bond motifs is 2. The van der Waals surface area contributed by atoms with Gasteiger partial charge in [0.2, 0.25) is 11.8 Å². The van der Waals surface area contributed by atoms with Gasteiger partial charge >= 0.3 is 0 Å². The lowest BCUT2D eigenvalue weighted by atomic mass is 10.0. The van der Waals surface area contributed by atoms with Gasteiger partial charge in [-0.1, -0.05) is 11.6 Å². The smallest absolute Gasteiger partial charge is 0.213 e. The Labute approximate surface area is 395 Å². The minimum atomic E-state index is -0.718. The van der Waals surface area contributed by atoms with E-state index in [1.165, 1.54) is 37.8 Å². The number of pyridine rings is 5. The second-order valence-electron chi connectivity index (χ2n) is 17.6. The molecule has 2 aliphatic carbocycles. The van der Waals surface area contributed by atoms with Crippen LogP contribution in [0, 0.1) is 49.0 Å². The van der Waals surface area contributed by atoms with Gasteiger partial charge in [0.15, 0.2) is 5.82 Å². The molecule has 68 heavy (non-hydrogen) atoms. The van der Waals surface area contributed by atoms with Crippen molar-refractivity contribution in [1.82, 2.24) is 24.9 Å². The maximum atomic E-state index is 15.5. The molecule has 7 heterocycles. The summed E-state index contributed by atoms with van der Waals surface area (Å²) in [6.45, 7) is 10.3. The molecule has 12 nitrogen and oxygen atoms in total. The number of morpholine rings is 2. The van der Waals surface area contributed by atoms with E-state index in [4.69, 9.17) is 40.5 Å². The molecule has 0 bridgehead atoms. The number of hydrogen-bond donors (Lipinski definition) is 1. The van der Waals surface area contributed by atoms with Crippen molar-refractivity contribution in [3.05, 3.63) is 113 Å². The highest BCUT2D eigenvalue weighted by atomic mass is 35.5. The molecule has 4 aliphatic rings. The van der Waals surface area contributed by atoms with Crippen molar-refractivity contribution in [2.24, 2.45) is 11.8 Å².